The number of aromatic nitrogens is 1. The fourth-order valence-electron chi connectivity index (χ4n) is 1.83. The Hall–Kier alpha value is -0.600. The Kier molecular flexibility index (Phi) is 6.53. The fraction of sp³-hybridized carbons (Fsp3) is 0.643. The van der Waals surface area contributed by atoms with Gasteiger partial charge in [-0.25, -0.2) is 0 Å². The number of hydrogen-bond donors (Lipinski definition) is 0. The van der Waals surface area contributed by atoms with E-state index in [1.54, 1.807) is 6.20 Å². The van der Waals surface area contributed by atoms with Gasteiger partial charge >= 0.3 is 0 Å². The van der Waals surface area contributed by atoms with Crippen LogP contribution < -0.4 is 0 Å². The lowest BCUT2D eigenvalue weighted by atomic mass is 10.2. The van der Waals surface area contributed by atoms with Crippen LogP contribution in [-0.2, 0) is 6.54 Å². The molecule has 1 aromatic heterocycles. The predicted molar refractivity (Wildman–Crippen MR) is 74.3 cm³/mol. The summed E-state index contributed by atoms with van der Waals surface area (Å²) in [5.74, 6) is 0. The van der Waals surface area contributed by atoms with Crippen molar-refractivity contribution in [1.29, 1.82) is 0 Å². The molecule has 0 aliphatic rings. The van der Waals surface area contributed by atoms with Crippen LogP contribution in [-0.4, -0.2) is 22.5 Å². The second kappa shape index (κ2) is 7.67. The Balaban J connectivity index is 2.54. The monoisotopic (exact) mass is 254 g/mol. The fourth-order valence-corrected chi connectivity index (χ4v) is 2.01. The topological polar surface area (TPSA) is 16.1 Å². The van der Waals surface area contributed by atoms with Crippen LogP contribution in [0.25, 0.3) is 0 Å². The van der Waals surface area contributed by atoms with Crippen molar-refractivity contribution >= 4 is 11.6 Å². The van der Waals surface area contributed by atoms with Gasteiger partial charge in [-0.1, -0.05) is 31.4 Å². The van der Waals surface area contributed by atoms with Crippen molar-refractivity contribution in [2.24, 2.45) is 0 Å². The van der Waals surface area contributed by atoms with Crippen LogP contribution in [0.5, 0.6) is 0 Å². The molecular weight excluding hydrogens is 232 g/mol. The van der Waals surface area contributed by atoms with Gasteiger partial charge in [0.25, 0.3) is 0 Å². The van der Waals surface area contributed by atoms with Gasteiger partial charge in [0.1, 0.15) is 0 Å². The van der Waals surface area contributed by atoms with Gasteiger partial charge in [-0.05, 0) is 38.9 Å². The highest BCUT2D eigenvalue weighted by Gasteiger charge is 2.10. The molecule has 0 atom stereocenters. The highest BCUT2D eigenvalue weighted by molar-refractivity contribution is 6.30. The predicted octanol–water partition coefficient (Wildman–Crippen LogP) is 4.14. The number of halogens is 1. The Morgan fingerprint density at radius 1 is 1.35 bits per heavy atom. The van der Waals surface area contributed by atoms with Crippen LogP contribution in [0, 0.1) is 0 Å². The van der Waals surface area contributed by atoms with Gasteiger partial charge in [0.05, 0.1) is 5.69 Å². The summed E-state index contributed by atoms with van der Waals surface area (Å²) in [4.78, 5) is 6.82. The van der Waals surface area contributed by atoms with Crippen LogP contribution in [0.4, 0.5) is 0 Å². The first-order chi connectivity index (χ1) is 8.13. The molecule has 0 spiro atoms. The maximum atomic E-state index is 5.98. The molecule has 0 radical (unpaired) electrons. The molecule has 0 fully saturated rings. The first-order valence-corrected chi connectivity index (χ1v) is 6.85. The van der Waals surface area contributed by atoms with Gasteiger partial charge in [0.15, 0.2) is 0 Å². The second-order valence-corrected chi connectivity index (χ2v) is 5.17. The van der Waals surface area contributed by atoms with Gasteiger partial charge in [0, 0.05) is 23.8 Å². The van der Waals surface area contributed by atoms with E-state index in [0.29, 0.717) is 6.04 Å². The zero-order valence-corrected chi connectivity index (χ0v) is 11.9. The van der Waals surface area contributed by atoms with Crippen molar-refractivity contribution in [3.8, 4) is 0 Å². The Morgan fingerprint density at radius 3 is 2.71 bits per heavy atom. The number of pyridine rings is 1. The summed E-state index contributed by atoms with van der Waals surface area (Å²) in [6, 6.07) is 4.33. The van der Waals surface area contributed by atoms with Gasteiger partial charge in [-0.2, -0.15) is 0 Å². The van der Waals surface area contributed by atoms with Gasteiger partial charge < -0.3 is 0 Å². The second-order valence-electron chi connectivity index (χ2n) is 4.74. The third kappa shape index (κ3) is 5.51. The quantitative estimate of drug-likeness (QED) is 0.680. The minimum absolute atomic E-state index is 0.549. The SMILES string of the molecule is CCCCCN(Cc1cc(Cl)ccn1)C(C)C. The Morgan fingerprint density at radius 2 is 2.12 bits per heavy atom. The smallest absolute Gasteiger partial charge is 0.0558 e. The van der Waals surface area contributed by atoms with E-state index in [1.165, 1.54) is 19.3 Å². The van der Waals surface area contributed by atoms with Crippen LogP contribution >= 0.6 is 11.6 Å². The molecule has 0 saturated carbocycles. The maximum absolute atomic E-state index is 5.98. The van der Waals surface area contributed by atoms with Crippen LogP contribution in [0.2, 0.25) is 5.02 Å². The van der Waals surface area contributed by atoms with E-state index < -0.39 is 0 Å². The lowest BCUT2D eigenvalue weighted by Gasteiger charge is -2.26. The van der Waals surface area contributed by atoms with E-state index in [4.69, 9.17) is 11.6 Å². The molecule has 0 aliphatic carbocycles. The molecule has 1 aromatic rings. The van der Waals surface area contributed by atoms with Crippen molar-refractivity contribution in [2.75, 3.05) is 6.54 Å². The summed E-state index contributed by atoms with van der Waals surface area (Å²) in [5.41, 5.74) is 1.06. The number of rotatable bonds is 7. The van der Waals surface area contributed by atoms with E-state index in [2.05, 4.69) is 30.7 Å². The molecule has 1 heterocycles. The van der Waals surface area contributed by atoms with Gasteiger partial charge in [-0.15, -0.1) is 0 Å². The third-order valence-corrected chi connectivity index (χ3v) is 3.16. The van der Waals surface area contributed by atoms with Crippen molar-refractivity contribution in [2.45, 2.75) is 52.6 Å². The average Bonchev–Trinajstić information content (AvgIpc) is 2.28. The van der Waals surface area contributed by atoms with Crippen molar-refractivity contribution < 1.29 is 0 Å². The molecule has 0 N–H and O–H groups in total. The average molecular weight is 255 g/mol. The van der Waals surface area contributed by atoms with Crippen LogP contribution in [0.3, 0.4) is 0 Å². The Bertz CT molecular complexity index is 326. The highest BCUT2D eigenvalue weighted by Crippen LogP contribution is 2.12. The van der Waals surface area contributed by atoms with E-state index >= 15 is 0 Å². The van der Waals surface area contributed by atoms with E-state index in [9.17, 15) is 0 Å². The normalized spacial score (nSPS) is 11.4. The summed E-state index contributed by atoms with van der Waals surface area (Å²) in [6.45, 7) is 8.73. The summed E-state index contributed by atoms with van der Waals surface area (Å²) in [7, 11) is 0. The zero-order chi connectivity index (χ0) is 12.7. The summed E-state index contributed by atoms with van der Waals surface area (Å²) in [6.07, 6.45) is 5.60. The van der Waals surface area contributed by atoms with E-state index in [-0.39, 0.29) is 0 Å². The molecule has 0 bridgehead atoms. The molecule has 0 unspecified atom stereocenters. The molecule has 0 saturated heterocycles. The maximum Gasteiger partial charge on any atom is 0.0558 e. The van der Waals surface area contributed by atoms with E-state index in [1.807, 2.05) is 12.1 Å². The number of unbranched alkanes of at least 4 members (excludes halogenated alkanes) is 2. The summed E-state index contributed by atoms with van der Waals surface area (Å²) < 4.78 is 0. The zero-order valence-electron chi connectivity index (χ0n) is 11.1. The molecule has 3 heteroatoms. The molecule has 2 nitrogen and oxygen atoms in total. The lowest BCUT2D eigenvalue weighted by Crippen LogP contribution is -2.31. The molecule has 96 valence electrons. The first-order valence-electron chi connectivity index (χ1n) is 6.48. The van der Waals surface area contributed by atoms with Crippen LogP contribution in [0.15, 0.2) is 18.3 Å². The molecule has 1 rings (SSSR count). The lowest BCUT2D eigenvalue weighted by molar-refractivity contribution is 0.206. The molecule has 17 heavy (non-hydrogen) atoms. The van der Waals surface area contributed by atoms with Gasteiger partial charge in [0.2, 0.25) is 0 Å². The minimum Gasteiger partial charge on any atom is -0.295 e. The van der Waals surface area contributed by atoms with E-state index in [0.717, 1.165) is 23.8 Å². The molecule has 0 aliphatic heterocycles. The van der Waals surface area contributed by atoms with Crippen molar-refractivity contribution in [3.63, 3.8) is 0 Å². The molecule has 0 amide bonds. The highest BCUT2D eigenvalue weighted by atomic mass is 35.5. The number of hydrogen-bond acceptors (Lipinski definition) is 2. The number of nitrogens with zero attached hydrogens (tertiary/aromatic N) is 2. The summed E-state index contributed by atoms with van der Waals surface area (Å²) >= 11 is 5.98. The Labute approximate surface area is 110 Å². The van der Waals surface area contributed by atoms with Crippen molar-refractivity contribution in [1.82, 2.24) is 9.88 Å². The van der Waals surface area contributed by atoms with Crippen LogP contribution in [0.1, 0.15) is 45.7 Å². The van der Waals surface area contributed by atoms with Crippen molar-refractivity contribution in [3.05, 3.63) is 29.0 Å². The first kappa shape index (κ1) is 14.5. The standard InChI is InChI=1S/C14H23ClN2/c1-4-5-6-9-17(12(2)3)11-14-10-13(15)7-8-16-14/h7-8,10,12H,4-6,9,11H2,1-3H3. The molecular formula is C14H23ClN2. The summed E-state index contributed by atoms with van der Waals surface area (Å²) in [5, 5.41) is 0.771. The third-order valence-electron chi connectivity index (χ3n) is 2.92. The van der Waals surface area contributed by atoms with Gasteiger partial charge in [-0.3, -0.25) is 9.88 Å². The molecule has 0 aromatic carbocycles. The minimum atomic E-state index is 0.549. The largest absolute Gasteiger partial charge is 0.295 e.